The number of hydrogen-bond acceptors (Lipinski definition) is 4. The Morgan fingerprint density at radius 2 is 2.00 bits per heavy atom. The van der Waals surface area contributed by atoms with Crippen LogP contribution >= 0.6 is 0 Å². The Morgan fingerprint density at radius 3 is 2.74 bits per heavy atom. The van der Waals surface area contributed by atoms with E-state index in [9.17, 15) is 14.7 Å². The Kier molecular flexibility index (Phi) is 3.71. The third-order valence-electron chi connectivity index (χ3n) is 3.51. The van der Waals surface area contributed by atoms with Gasteiger partial charge in [-0.2, -0.15) is 4.99 Å². The molecule has 0 aliphatic rings. The van der Waals surface area contributed by atoms with Crippen molar-refractivity contribution in [2.24, 2.45) is 4.99 Å². The first-order chi connectivity index (χ1) is 11.1. The fraction of sp³-hybridized carbons (Fsp3) is 0.0556. The number of isocyanates is 1. The van der Waals surface area contributed by atoms with Crippen LogP contribution in [0.4, 0.5) is 5.69 Å². The average molecular weight is 304 g/mol. The number of carboxylic acid groups (broad SMARTS) is 1. The number of nitrogens with zero attached hydrogens (tertiary/aromatic N) is 2. The molecule has 1 N–H and O–H groups in total. The summed E-state index contributed by atoms with van der Waals surface area (Å²) >= 11 is 0. The molecule has 0 radical (unpaired) electrons. The summed E-state index contributed by atoms with van der Waals surface area (Å²) in [5, 5.41) is 10.1. The summed E-state index contributed by atoms with van der Waals surface area (Å²) in [4.78, 5) is 30.1. The highest BCUT2D eigenvalue weighted by atomic mass is 16.4. The number of carboxylic acids is 1. The summed E-state index contributed by atoms with van der Waals surface area (Å²) in [5.41, 5.74) is 3.41. The summed E-state index contributed by atoms with van der Waals surface area (Å²) < 4.78 is 0. The van der Waals surface area contributed by atoms with Gasteiger partial charge in [-0.3, -0.25) is 0 Å². The van der Waals surface area contributed by atoms with Crippen LogP contribution in [0.1, 0.15) is 15.9 Å². The van der Waals surface area contributed by atoms with E-state index >= 15 is 0 Å². The molecule has 0 fully saturated rings. The summed E-state index contributed by atoms with van der Waals surface area (Å²) in [6.45, 7) is 1.90. The maximum Gasteiger partial charge on any atom is 0.336 e. The standard InChI is InChI=1S/C18H12N2O3/c1-11-5-6-16-14(7-11)15(18(22)23)9-17(20-16)12-3-2-4-13(8-12)19-10-21/h2-9H,1H3,(H,22,23). The Labute approximate surface area is 131 Å². The molecular weight excluding hydrogens is 292 g/mol. The first kappa shape index (κ1) is 14.6. The van der Waals surface area contributed by atoms with Crippen molar-refractivity contribution < 1.29 is 14.7 Å². The summed E-state index contributed by atoms with van der Waals surface area (Å²) in [5.74, 6) is -1.01. The van der Waals surface area contributed by atoms with Crippen LogP contribution in [0.25, 0.3) is 22.2 Å². The van der Waals surface area contributed by atoms with E-state index in [4.69, 9.17) is 0 Å². The lowest BCUT2D eigenvalue weighted by Crippen LogP contribution is -2.00. The predicted molar refractivity (Wildman–Crippen MR) is 86.7 cm³/mol. The lowest BCUT2D eigenvalue weighted by Gasteiger charge is -2.08. The molecule has 0 saturated carbocycles. The second-order valence-electron chi connectivity index (χ2n) is 5.13. The Morgan fingerprint density at radius 1 is 1.17 bits per heavy atom. The topological polar surface area (TPSA) is 79.6 Å². The minimum atomic E-state index is -1.01. The largest absolute Gasteiger partial charge is 0.478 e. The molecule has 0 amide bonds. The quantitative estimate of drug-likeness (QED) is 0.588. The number of pyridine rings is 1. The third-order valence-corrected chi connectivity index (χ3v) is 3.51. The van der Waals surface area contributed by atoms with E-state index in [1.54, 1.807) is 30.3 Å². The summed E-state index contributed by atoms with van der Waals surface area (Å²) in [7, 11) is 0. The number of rotatable bonds is 3. The van der Waals surface area contributed by atoms with Crippen LogP contribution in [0.5, 0.6) is 0 Å². The second kappa shape index (κ2) is 5.83. The van der Waals surface area contributed by atoms with Crippen LogP contribution in [0.15, 0.2) is 53.5 Å². The molecule has 0 spiro atoms. The lowest BCUT2D eigenvalue weighted by atomic mass is 10.0. The van der Waals surface area contributed by atoms with Gasteiger partial charge in [-0.25, -0.2) is 14.6 Å². The van der Waals surface area contributed by atoms with Crippen molar-refractivity contribution in [2.45, 2.75) is 6.92 Å². The van der Waals surface area contributed by atoms with E-state index in [0.29, 0.717) is 27.8 Å². The van der Waals surface area contributed by atoms with Gasteiger partial charge in [-0.05, 0) is 37.3 Å². The van der Waals surface area contributed by atoms with Gasteiger partial charge in [0.2, 0.25) is 6.08 Å². The van der Waals surface area contributed by atoms with Gasteiger partial charge in [0.1, 0.15) is 0 Å². The fourth-order valence-electron chi connectivity index (χ4n) is 2.45. The second-order valence-corrected chi connectivity index (χ2v) is 5.13. The molecule has 5 heteroatoms. The Bertz CT molecular complexity index is 973. The molecule has 0 saturated heterocycles. The first-order valence-electron chi connectivity index (χ1n) is 6.91. The molecule has 1 heterocycles. The van der Waals surface area contributed by atoms with Crippen LogP contribution in [-0.4, -0.2) is 22.1 Å². The number of carbonyl (C=O) groups is 1. The summed E-state index contributed by atoms with van der Waals surface area (Å²) in [6, 6.07) is 13.9. The minimum Gasteiger partial charge on any atom is -0.478 e. The third kappa shape index (κ3) is 2.86. The van der Waals surface area contributed by atoms with E-state index in [1.807, 2.05) is 19.1 Å². The number of aromatic nitrogens is 1. The van der Waals surface area contributed by atoms with Gasteiger partial charge in [-0.1, -0.05) is 23.8 Å². The summed E-state index contributed by atoms with van der Waals surface area (Å²) in [6.07, 6.45) is 1.49. The van der Waals surface area contributed by atoms with E-state index in [2.05, 4.69) is 9.98 Å². The highest BCUT2D eigenvalue weighted by molar-refractivity contribution is 6.04. The van der Waals surface area contributed by atoms with Crippen molar-refractivity contribution in [2.75, 3.05) is 0 Å². The fourth-order valence-corrected chi connectivity index (χ4v) is 2.45. The maximum atomic E-state index is 11.6. The van der Waals surface area contributed by atoms with E-state index in [-0.39, 0.29) is 5.56 Å². The molecule has 0 atom stereocenters. The van der Waals surface area contributed by atoms with E-state index in [0.717, 1.165) is 5.56 Å². The normalized spacial score (nSPS) is 10.3. The highest BCUT2D eigenvalue weighted by Crippen LogP contribution is 2.27. The minimum absolute atomic E-state index is 0.193. The molecule has 3 rings (SSSR count). The molecule has 1 aromatic heterocycles. The predicted octanol–water partition coefficient (Wildman–Crippen LogP) is 3.88. The number of benzene rings is 2. The number of fused-ring (bicyclic) bond motifs is 1. The van der Waals surface area contributed by atoms with Gasteiger partial charge in [0.25, 0.3) is 0 Å². The van der Waals surface area contributed by atoms with Gasteiger partial charge < -0.3 is 5.11 Å². The molecule has 0 aliphatic heterocycles. The van der Waals surface area contributed by atoms with Crippen molar-refractivity contribution in [1.29, 1.82) is 0 Å². The van der Waals surface area contributed by atoms with Crippen molar-refractivity contribution in [1.82, 2.24) is 4.98 Å². The zero-order valence-corrected chi connectivity index (χ0v) is 12.3. The smallest absolute Gasteiger partial charge is 0.336 e. The van der Waals surface area contributed by atoms with Gasteiger partial charge >= 0.3 is 5.97 Å². The molecular formula is C18H12N2O3. The zero-order chi connectivity index (χ0) is 16.4. The lowest BCUT2D eigenvalue weighted by molar-refractivity contribution is 0.0699. The van der Waals surface area contributed by atoms with Crippen molar-refractivity contribution in [3.8, 4) is 11.3 Å². The molecule has 3 aromatic rings. The van der Waals surface area contributed by atoms with E-state index < -0.39 is 5.97 Å². The zero-order valence-electron chi connectivity index (χ0n) is 12.3. The van der Waals surface area contributed by atoms with Gasteiger partial charge in [0.05, 0.1) is 22.5 Å². The van der Waals surface area contributed by atoms with Crippen LogP contribution in [-0.2, 0) is 4.79 Å². The number of carbonyl (C=O) groups excluding carboxylic acids is 1. The van der Waals surface area contributed by atoms with Crippen LogP contribution < -0.4 is 0 Å². The average Bonchev–Trinajstić information content (AvgIpc) is 2.54. The molecule has 112 valence electrons. The monoisotopic (exact) mass is 304 g/mol. The van der Waals surface area contributed by atoms with Crippen LogP contribution in [0.2, 0.25) is 0 Å². The Hall–Kier alpha value is -3.30. The number of hydrogen-bond donors (Lipinski definition) is 1. The number of aliphatic imine (C=N–C) groups is 1. The van der Waals surface area contributed by atoms with Gasteiger partial charge in [-0.15, -0.1) is 0 Å². The highest BCUT2D eigenvalue weighted by Gasteiger charge is 2.13. The van der Waals surface area contributed by atoms with Crippen molar-refractivity contribution >= 4 is 28.6 Å². The molecule has 23 heavy (non-hydrogen) atoms. The Balaban J connectivity index is 2.26. The molecule has 0 aliphatic carbocycles. The maximum absolute atomic E-state index is 11.6. The van der Waals surface area contributed by atoms with E-state index in [1.165, 1.54) is 12.1 Å². The molecule has 5 nitrogen and oxygen atoms in total. The van der Waals surface area contributed by atoms with Gasteiger partial charge in [0, 0.05) is 10.9 Å². The van der Waals surface area contributed by atoms with Crippen molar-refractivity contribution in [3.05, 3.63) is 59.7 Å². The molecule has 0 bridgehead atoms. The SMILES string of the molecule is Cc1ccc2nc(-c3cccc(N=C=O)c3)cc(C(=O)O)c2c1. The van der Waals surface area contributed by atoms with Gasteiger partial charge in [0.15, 0.2) is 0 Å². The van der Waals surface area contributed by atoms with Crippen molar-refractivity contribution in [3.63, 3.8) is 0 Å². The number of aromatic carboxylic acids is 1. The molecule has 0 unspecified atom stereocenters. The first-order valence-corrected chi connectivity index (χ1v) is 6.91. The number of aryl methyl sites for hydroxylation is 1. The molecule has 2 aromatic carbocycles. The van der Waals surface area contributed by atoms with Crippen LogP contribution in [0.3, 0.4) is 0 Å². The van der Waals surface area contributed by atoms with Crippen LogP contribution in [0, 0.1) is 6.92 Å².